The van der Waals surface area contributed by atoms with E-state index in [4.69, 9.17) is 4.74 Å². The molecule has 1 aliphatic carbocycles. The minimum Gasteiger partial charge on any atom is -0.459 e. The van der Waals surface area contributed by atoms with Crippen LogP contribution >= 0.6 is 0 Å². The van der Waals surface area contributed by atoms with Crippen LogP contribution in [0.3, 0.4) is 0 Å². The first-order valence-corrected chi connectivity index (χ1v) is 6.68. The number of amides is 1. The van der Waals surface area contributed by atoms with E-state index in [0.29, 0.717) is 5.56 Å². The van der Waals surface area contributed by atoms with Crippen molar-refractivity contribution < 1.29 is 14.3 Å². The third-order valence-corrected chi connectivity index (χ3v) is 3.21. The fourth-order valence-electron chi connectivity index (χ4n) is 1.89. The average molecular weight is 261 g/mol. The molecule has 102 valence electrons. The van der Waals surface area contributed by atoms with Crippen molar-refractivity contribution in [3.63, 3.8) is 0 Å². The standard InChI is InChI=1S/C15H19NO3/c1-10(2)19-15(18)12-6-8-13(9-7-12)16-14(17)11-4-3-5-11/h6-11H,3-5H2,1-2H3,(H,16,17). The summed E-state index contributed by atoms with van der Waals surface area (Å²) < 4.78 is 5.10. The highest BCUT2D eigenvalue weighted by atomic mass is 16.5. The molecule has 2 rings (SSSR count). The van der Waals surface area contributed by atoms with Gasteiger partial charge >= 0.3 is 5.97 Å². The molecule has 4 heteroatoms. The zero-order chi connectivity index (χ0) is 13.8. The number of anilines is 1. The van der Waals surface area contributed by atoms with Crippen LogP contribution < -0.4 is 5.32 Å². The third kappa shape index (κ3) is 3.56. The van der Waals surface area contributed by atoms with Gasteiger partial charge in [-0.25, -0.2) is 4.79 Å². The summed E-state index contributed by atoms with van der Waals surface area (Å²) in [5, 5.41) is 2.86. The lowest BCUT2D eigenvalue weighted by Crippen LogP contribution is -2.28. The highest BCUT2D eigenvalue weighted by Gasteiger charge is 2.25. The maximum atomic E-state index is 11.8. The minimum absolute atomic E-state index is 0.0729. The zero-order valence-corrected chi connectivity index (χ0v) is 11.3. The fraction of sp³-hybridized carbons (Fsp3) is 0.467. The van der Waals surface area contributed by atoms with Crippen molar-refractivity contribution in [3.8, 4) is 0 Å². The molecule has 4 nitrogen and oxygen atoms in total. The Morgan fingerprint density at radius 3 is 2.32 bits per heavy atom. The van der Waals surface area contributed by atoms with Gasteiger partial charge in [0.15, 0.2) is 0 Å². The number of hydrogen-bond donors (Lipinski definition) is 1. The van der Waals surface area contributed by atoms with Crippen LogP contribution in [0.2, 0.25) is 0 Å². The van der Waals surface area contributed by atoms with E-state index < -0.39 is 0 Å². The Morgan fingerprint density at radius 1 is 1.21 bits per heavy atom. The maximum absolute atomic E-state index is 11.8. The van der Waals surface area contributed by atoms with Crippen LogP contribution in [-0.4, -0.2) is 18.0 Å². The number of esters is 1. The van der Waals surface area contributed by atoms with Crippen LogP contribution in [0.5, 0.6) is 0 Å². The van der Waals surface area contributed by atoms with E-state index in [9.17, 15) is 9.59 Å². The molecule has 1 aromatic carbocycles. The van der Waals surface area contributed by atoms with Gasteiger partial charge < -0.3 is 10.1 Å². The highest BCUT2D eigenvalue weighted by molar-refractivity contribution is 5.94. The molecule has 0 atom stereocenters. The first-order valence-electron chi connectivity index (χ1n) is 6.68. The predicted octanol–water partition coefficient (Wildman–Crippen LogP) is 2.99. The third-order valence-electron chi connectivity index (χ3n) is 3.21. The van der Waals surface area contributed by atoms with Crippen molar-refractivity contribution in [3.05, 3.63) is 29.8 Å². The van der Waals surface area contributed by atoms with Crippen LogP contribution in [0.15, 0.2) is 24.3 Å². The molecule has 1 saturated carbocycles. The summed E-state index contributed by atoms with van der Waals surface area (Å²) in [6, 6.07) is 6.79. The van der Waals surface area contributed by atoms with Gasteiger partial charge in [0.05, 0.1) is 11.7 Å². The van der Waals surface area contributed by atoms with Crippen LogP contribution in [0.25, 0.3) is 0 Å². The molecule has 1 amide bonds. The quantitative estimate of drug-likeness (QED) is 0.848. The molecule has 1 aromatic rings. The minimum atomic E-state index is -0.341. The zero-order valence-electron chi connectivity index (χ0n) is 11.3. The van der Waals surface area contributed by atoms with Crippen molar-refractivity contribution in [2.45, 2.75) is 39.2 Å². The SMILES string of the molecule is CC(C)OC(=O)c1ccc(NC(=O)C2CCC2)cc1. The molecule has 0 aromatic heterocycles. The molecule has 0 saturated heterocycles. The van der Waals surface area contributed by atoms with E-state index in [1.54, 1.807) is 24.3 Å². The Kier molecular flexibility index (Phi) is 4.20. The van der Waals surface area contributed by atoms with Gasteiger partial charge in [-0.1, -0.05) is 6.42 Å². The molecule has 1 fully saturated rings. The number of rotatable bonds is 4. The van der Waals surface area contributed by atoms with E-state index in [1.807, 2.05) is 13.8 Å². The van der Waals surface area contributed by atoms with Gasteiger partial charge in [-0.2, -0.15) is 0 Å². The lowest BCUT2D eigenvalue weighted by Gasteiger charge is -2.24. The van der Waals surface area contributed by atoms with E-state index in [-0.39, 0.29) is 23.9 Å². The molecule has 0 unspecified atom stereocenters. The van der Waals surface area contributed by atoms with Gasteiger partial charge in [0.2, 0.25) is 5.91 Å². The van der Waals surface area contributed by atoms with E-state index >= 15 is 0 Å². The lowest BCUT2D eigenvalue weighted by molar-refractivity contribution is -0.122. The summed E-state index contributed by atoms with van der Waals surface area (Å²) >= 11 is 0. The molecular weight excluding hydrogens is 242 g/mol. The van der Waals surface area contributed by atoms with Gasteiger partial charge in [-0.3, -0.25) is 4.79 Å². The Labute approximate surface area is 113 Å². The van der Waals surface area contributed by atoms with Crippen molar-refractivity contribution in [2.75, 3.05) is 5.32 Å². The van der Waals surface area contributed by atoms with Crippen molar-refractivity contribution in [1.82, 2.24) is 0 Å². The van der Waals surface area contributed by atoms with E-state index in [0.717, 1.165) is 24.9 Å². The molecule has 0 bridgehead atoms. The Bertz CT molecular complexity index is 461. The van der Waals surface area contributed by atoms with Gasteiger partial charge in [-0.05, 0) is 51.0 Å². The highest BCUT2D eigenvalue weighted by Crippen LogP contribution is 2.27. The molecule has 1 aliphatic rings. The number of carbonyl (C=O) groups is 2. The second-order valence-corrected chi connectivity index (χ2v) is 5.15. The second-order valence-electron chi connectivity index (χ2n) is 5.15. The van der Waals surface area contributed by atoms with E-state index in [2.05, 4.69) is 5.32 Å². The number of ether oxygens (including phenoxy) is 1. The monoisotopic (exact) mass is 261 g/mol. The first-order chi connectivity index (χ1) is 9.06. The Hall–Kier alpha value is -1.84. The van der Waals surface area contributed by atoms with Crippen LogP contribution in [-0.2, 0) is 9.53 Å². The number of benzene rings is 1. The summed E-state index contributed by atoms with van der Waals surface area (Å²) in [4.78, 5) is 23.4. The maximum Gasteiger partial charge on any atom is 0.338 e. The van der Waals surface area contributed by atoms with Gasteiger partial charge in [-0.15, -0.1) is 0 Å². The normalized spacial score (nSPS) is 14.9. The predicted molar refractivity (Wildman–Crippen MR) is 73.0 cm³/mol. The van der Waals surface area contributed by atoms with Crippen molar-refractivity contribution in [1.29, 1.82) is 0 Å². The molecule has 0 aliphatic heterocycles. The number of carbonyl (C=O) groups excluding carboxylic acids is 2. The Morgan fingerprint density at radius 2 is 1.84 bits per heavy atom. The van der Waals surface area contributed by atoms with Gasteiger partial charge in [0.25, 0.3) is 0 Å². The lowest BCUT2D eigenvalue weighted by atomic mass is 9.85. The summed E-state index contributed by atoms with van der Waals surface area (Å²) in [5.41, 5.74) is 1.22. The number of nitrogens with one attached hydrogen (secondary N) is 1. The van der Waals surface area contributed by atoms with Gasteiger partial charge in [0.1, 0.15) is 0 Å². The molecule has 0 heterocycles. The number of hydrogen-bond acceptors (Lipinski definition) is 3. The molecule has 0 spiro atoms. The van der Waals surface area contributed by atoms with Crippen LogP contribution in [0, 0.1) is 5.92 Å². The van der Waals surface area contributed by atoms with Crippen molar-refractivity contribution >= 4 is 17.6 Å². The summed E-state index contributed by atoms with van der Waals surface area (Å²) in [6.07, 6.45) is 2.96. The van der Waals surface area contributed by atoms with E-state index in [1.165, 1.54) is 0 Å². The fourth-order valence-corrected chi connectivity index (χ4v) is 1.89. The molecule has 1 N–H and O–H groups in total. The summed E-state index contributed by atoms with van der Waals surface area (Å²) in [7, 11) is 0. The first kappa shape index (κ1) is 13.6. The molecular formula is C15H19NO3. The summed E-state index contributed by atoms with van der Waals surface area (Å²) in [6.45, 7) is 3.62. The Balaban J connectivity index is 1.94. The molecule has 19 heavy (non-hydrogen) atoms. The van der Waals surface area contributed by atoms with Crippen LogP contribution in [0.1, 0.15) is 43.5 Å². The van der Waals surface area contributed by atoms with Crippen LogP contribution in [0.4, 0.5) is 5.69 Å². The van der Waals surface area contributed by atoms with Gasteiger partial charge in [0, 0.05) is 11.6 Å². The summed E-state index contributed by atoms with van der Waals surface area (Å²) in [5.74, 6) is -0.110. The van der Waals surface area contributed by atoms with Crippen molar-refractivity contribution in [2.24, 2.45) is 5.92 Å². The second kappa shape index (κ2) is 5.87. The smallest absolute Gasteiger partial charge is 0.338 e. The largest absolute Gasteiger partial charge is 0.459 e. The topological polar surface area (TPSA) is 55.4 Å². The average Bonchev–Trinajstić information content (AvgIpc) is 2.26. The molecule has 0 radical (unpaired) electrons.